The molecule has 0 aliphatic heterocycles. The Kier molecular flexibility index (Phi) is 54.5. The Balaban J connectivity index is 4.60. The molecule has 0 aromatic carbocycles. The number of amides is 1. The minimum Gasteiger partial charge on any atom is -0.462 e. The fourth-order valence-corrected chi connectivity index (χ4v) is 9.05. The Labute approximate surface area is 428 Å². The molecule has 3 atom stereocenters. The van der Waals surface area contributed by atoms with E-state index < -0.39 is 18.2 Å². The molecule has 0 rings (SSSR count). The third kappa shape index (κ3) is 51.7. The molecule has 0 bridgehead atoms. The van der Waals surface area contributed by atoms with Crippen LogP contribution >= 0.6 is 0 Å². The van der Waals surface area contributed by atoms with Gasteiger partial charge in [-0.25, -0.2) is 0 Å². The van der Waals surface area contributed by atoms with Gasteiger partial charge < -0.3 is 20.3 Å². The molecule has 0 heterocycles. The maximum atomic E-state index is 13.3. The number of aliphatic hydroxyl groups is 2. The Bertz CT molecular complexity index is 1220. The van der Waals surface area contributed by atoms with Gasteiger partial charge in [0.1, 0.15) is 6.10 Å². The zero-order chi connectivity index (χ0) is 50.2. The van der Waals surface area contributed by atoms with Crippen molar-refractivity contribution in [2.75, 3.05) is 6.61 Å². The molecule has 0 radical (unpaired) electrons. The van der Waals surface area contributed by atoms with Crippen LogP contribution in [0.4, 0.5) is 0 Å². The van der Waals surface area contributed by atoms with E-state index >= 15 is 0 Å². The van der Waals surface area contributed by atoms with Gasteiger partial charge in [0, 0.05) is 6.42 Å². The number of hydrogen-bond acceptors (Lipinski definition) is 5. The molecule has 1 amide bonds. The van der Waals surface area contributed by atoms with E-state index in [4.69, 9.17) is 4.74 Å². The summed E-state index contributed by atoms with van der Waals surface area (Å²) in [5.74, 6) is -0.507. The monoisotopic (exact) mass is 966 g/mol. The number of esters is 1. The number of carbonyl (C=O) groups excluding carboxylic acids is 2. The maximum absolute atomic E-state index is 13.3. The molecular weight excluding hydrogens is 851 g/mol. The van der Waals surface area contributed by atoms with Crippen LogP contribution in [0, 0.1) is 0 Å². The molecule has 0 aromatic heterocycles. The van der Waals surface area contributed by atoms with Crippen LogP contribution < -0.4 is 5.32 Å². The van der Waals surface area contributed by atoms with Crippen LogP contribution in [0.2, 0.25) is 0 Å². The molecule has 0 aliphatic rings. The largest absolute Gasteiger partial charge is 0.462 e. The van der Waals surface area contributed by atoms with Gasteiger partial charge in [-0.1, -0.05) is 268 Å². The van der Waals surface area contributed by atoms with E-state index in [9.17, 15) is 19.8 Å². The van der Waals surface area contributed by atoms with E-state index in [1.165, 1.54) is 173 Å². The van der Waals surface area contributed by atoms with Crippen molar-refractivity contribution in [2.24, 2.45) is 0 Å². The second-order valence-corrected chi connectivity index (χ2v) is 20.5. The average molecular weight is 967 g/mol. The molecule has 0 saturated heterocycles. The van der Waals surface area contributed by atoms with Crippen LogP contribution in [0.15, 0.2) is 60.8 Å². The second kappa shape index (κ2) is 56.5. The lowest BCUT2D eigenvalue weighted by molar-refractivity contribution is -0.151. The van der Waals surface area contributed by atoms with Crippen molar-refractivity contribution < 1.29 is 24.5 Å². The first-order chi connectivity index (χ1) is 34.0. The molecule has 0 saturated carbocycles. The molecule has 0 spiro atoms. The Morgan fingerprint density at radius 1 is 0.435 bits per heavy atom. The van der Waals surface area contributed by atoms with Crippen molar-refractivity contribution >= 4 is 11.9 Å². The summed E-state index contributed by atoms with van der Waals surface area (Å²) in [6.45, 7) is 6.46. The number of allylic oxidation sites excluding steroid dienone is 10. The predicted octanol–water partition coefficient (Wildman–Crippen LogP) is 18.7. The van der Waals surface area contributed by atoms with Crippen molar-refractivity contribution in [3.05, 3.63) is 60.8 Å². The molecule has 6 nitrogen and oxygen atoms in total. The molecule has 69 heavy (non-hydrogen) atoms. The molecule has 3 unspecified atom stereocenters. The molecule has 0 fully saturated rings. The van der Waals surface area contributed by atoms with E-state index in [2.05, 4.69) is 86.8 Å². The summed E-state index contributed by atoms with van der Waals surface area (Å²) in [7, 11) is 0. The minimum absolute atomic E-state index is 0.0516. The number of nitrogens with one attached hydrogen (secondary N) is 1. The highest BCUT2D eigenvalue weighted by atomic mass is 16.5. The highest BCUT2D eigenvalue weighted by Crippen LogP contribution is 2.18. The lowest BCUT2D eigenvalue weighted by Gasteiger charge is -2.24. The zero-order valence-electron chi connectivity index (χ0n) is 45.9. The Morgan fingerprint density at radius 3 is 1.26 bits per heavy atom. The van der Waals surface area contributed by atoms with Gasteiger partial charge in [0.25, 0.3) is 0 Å². The van der Waals surface area contributed by atoms with Gasteiger partial charge in [-0.15, -0.1) is 0 Å². The Hall–Kier alpha value is -2.44. The first kappa shape index (κ1) is 66.6. The highest BCUT2D eigenvalue weighted by Gasteiger charge is 2.24. The summed E-state index contributed by atoms with van der Waals surface area (Å²) in [4.78, 5) is 26.3. The normalized spacial score (nSPS) is 13.5. The smallest absolute Gasteiger partial charge is 0.306 e. The van der Waals surface area contributed by atoms with E-state index in [1.807, 2.05) is 0 Å². The number of unbranched alkanes of at least 4 members (excludes halogenated alkanes) is 34. The number of hydrogen-bond donors (Lipinski definition) is 3. The molecule has 3 N–H and O–H groups in total. The number of ether oxygens (including phenoxy) is 1. The van der Waals surface area contributed by atoms with Crippen LogP contribution in [0.25, 0.3) is 0 Å². The van der Waals surface area contributed by atoms with Crippen LogP contribution in [-0.2, 0) is 14.3 Å². The summed E-state index contributed by atoms with van der Waals surface area (Å²) in [6.07, 6.45) is 71.4. The lowest BCUT2D eigenvalue weighted by atomic mass is 10.0. The molecule has 0 aliphatic carbocycles. The summed E-state index contributed by atoms with van der Waals surface area (Å²) in [5, 5.41) is 23.9. The van der Waals surface area contributed by atoms with Crippen molar-refractivity contribution in [3.8, 4) is 0 Å². The molecular formula is C63H115NO5. The van der Waals surface area contributed by atoms with Crippen LogP contribution in [-0.4, -0.2) is 46.9 Å². The van der Waals surface area contributed by atoms with Crippen molar-refractivity contribution in [1.82, 2.24) is 5.32 Å². The highest BCUT2D eigenvalue weighted by molar-refractivity contribution is 5.77. The number of carbonyl (C=O) groups is 2. The molecule has 0 aromatic rings. The predicted molar refractivity (Wildman–Crippen MR) is 301 cm³/mol. The van der Waals surface area contributed by atoms with Crippen LogP contribution in [0.5, 0.6) is 0 Å². The quantitative estimate of drug-likeness (QED) is 0.0244. The van der Waals surface area contributed by atoms with E-state index in [1.54, 1.807) is 0 Å². The summed E-state index contributed by atoms with van der Waals surface area (Å²) in [5.41, 5.74) is 0. The number of aliphatic hydroxyl groups excluding tert-OH is 2. The zero-order valence-corrected chi connectivity index (χ0v) is 45.9. The van der Waals surface area contributed by atoms with E-state index in [0.717, 1.165) is 83.5 Å². The van der Waals surface area contributed by atoms with Gasteiger partial charge in [0.15, 0.2) is 0 Å². The third-order valence-electron chi connectivity index (χ3n) is 13.6. The van der Waals surface area contributed by atoms with Crippen LogP contribution in [0.3, 0.4) is 0 Å². The first-order valence-electron chi connectivity index (χ1n) is 30.0. The third-order valence-corrected chi connectivity index (χ3v) is 13.6. The summed E-state index contributed by atoms with van der Waals surface area (Å²) >= 11 is 0. The fraction of sp³-hybridized carbons (Fsp3) is 0.810. The standard InChI is InChI=1S/C63H115NO5/c1-4-7-10-13-16-19-22-25-28-31-34-37-40-43-46-49-52-55-61(66)60(58-65)64-62(67)57-59(54-51-48-45-42-39-36-33-30-27-24-21-18-15-12-9-6-3)69-63(68)56-53-50-47-44-41-38-35-32-29-26-23-20-17-14-11-8-5-2/h17,20,24,26-27,29-30,33,36,39,59-61,65-66H,4-16,18-19,21-23,25,28,31-32,34-35,37-38,40-58H2,1-3H3,(H,64,67)/b20-17-,27-24+,29-26-,33-30+,39-36+. The van der Waals surface area contributed by atoms with Gasteiger partial charge in [-0.3, -0.25) is 9.59 Å². The fourth-order valence-electron chi connectivity index (χ4n) is 9.05. The maximum Gasteiger partial charge on any atom is 0.306 e. The summed E-state index contributed by atoms with van der Waals surface area (Å²) < 4.78 is 5.95. The van der Waals surface area contributed by atoms with Gasteiger partial charge in [-0.05, 0) is 83.5 Å². The number of rotatable bonds is 54. The van der Waals surface area contributed by atoms with Gasteiger partial charge in [-0.2, -0.15) is 0 Å². The van der Waals surface area contributed by atoms with Crippen molar-refractivity contribution in [3.63, 3.8) is 0 Å². The molecule has 402 valence electrons. The van der Waals surface area contributed by atoms with E-state index in [0.29, 0.717) is 19.3 Å². The van der Waals surface area contributed by atoms with E-state index in [-0.39, 0.29) is 24.9 Å². The second-order valence-electron chi connectivity index (χ2n) is 20.5. The first-order valence-corrected chi connectivity index (χ1v) is 30.0. The van der Waals surface area contributed by atoms with Gasteiger partial charge in [0.05, 0.1) is 25.2 Å². The van der Waals surface area contributed by atoms with Crippen molar-refractivity contribution in [2.45, 2.75) is 322 Å². The summed E-state index contributed by atoms with van der Waals surface area (Å²) in [6, 6.07) is -0.717. The Morgan fingerprint density at radius 2 is 0.797 bits per heavy atom. The lowest BCUT2D eigenvalue weighted by Crippen LogP contribution is -2.46. The topological polar surface area (TPSA) is 95.9 Å². The van der Waals surface area contributed by atoms with Gasteiger partial charge in [0.2, 0.25) is 5.91 Å². The van der Waals surface area contributed by atoms with Crippen molar-refractivity contribution in [1.29, 1.82) is 0 Å². The molecule has 6 heteroatoms. The minimum atomic E-state index is -0.801. The van der Waals surface area contributed by atoms with Crippen LogP contribution in [0.1, 0.15) is 303 Å². The SMILES string of the molecule is CCCCC/C=C\C/C=C\CCCCCCCCCC(=O)OC(CCCCC/C=C/C=C/C=C/CCCCCCC)CC(=O)NC(CO)C(O)CCCCCCCCCCCCCCCCCCC. The van der Waals surface area contributed by atoms with Gasteiger partial charge >= 0.3 is 5.97 Å². The average Bonchev–Trinajstić information content (AvgIpc) is 3.34.